The van der Waals surface area contributed by atoms with Gasteiger partial charge in [0.05, 0.1) is 5.56 Å². The van der Waals surface area contributed by atoms with Crippen molar-refractivity contribution in [3.05, 3.63) is 65.7 Å². The summed E-state index contributed by atoms with van der Waals surface area (Å²) in [5, 5.41) is 0. The Morgan fingerprint density at radius 3 is 2.46 bits per heavy atom. The predicted octanol–water partition coefficient (Wildman–Crippen LogP) is 3.71. The Labute approximate surface area is 167 Å². The fourth-order valence-corrected chi connectivity index (χ4v) is 3.39. The minimum absolute atomic E-state index is 0. The third kappa shape index (κ3) is 5.17. The van der Waals surface area contributed by atoms with E-state index < -0.39 is 11.7 Å². The van der Waals surface area contributed by atoms with Gasteiger partial charge in [0.1, 0.15) is 5.75 Å². The topological polar surface area (TPSA) is 55.6 Å². The molecule has 1 aliphatic rings. The highest BCUT2D eigenvalue weighted by molar-refractivity contribution is 5.85. The van der Waals surface area contributed by atoms with E-state index >= 15 is 0 Å². The first-order chi connectivity index (χ1) is 12.9. The molecule has 1 aliphatic heterocycles. The summed E-state index contributed by atoms with van der Waals surface area (Å²) >= 11 is 0. The number of likely N-dealkylation sites (tertiary alicyclic amines) is 1. The highest BCUT2D eigenvalue weighted by Gasteiger charge is 2.35. The van der Waals surface area contributed by atoms with Crippen LogP contribution in [-0.2, 0) is 11.0 Å². The molecule has 0 saturated carbocycles. The molecule has 3 rings (SSSR count). The Hall–Kier alpha value is -2.25. The maximum absolute atomic E-state index is 12.8. The molecule has 2 N–H and O–H groups in total. The SMILES string of the molecule is Cl.NC[C@@H]1CN(C(=O)COc2cccc(C(F)(F)F)c2)C[C@H]1c1ccccc1. The molecule has 1 amide bonds. The van der Waals surface area contributed by atoms with Crippen molar-refractivity contribution < 1.29 is 22.7 Å². The fourth-order valence-electron chi connectivity index (χ4n) is 3.39. The van der Waals surface area contributed by atoms with Crippen LogP contribution in [0.1, 0.15) is 17.0 Å². The third-order valence-corrected chi connectivity index (χ3v) is 4.85. The highest BCUT2D eigenvalue weighted by Crippen LogP contribution is 2.33. The average Bonchev–Trinajstić information content (AvgIpc) is 3.11. The lowest BCUT2D eigenvalue weighted by atomic mass is 9.89. The number of hydrogen-bond donors (Lipinski definition) is 1. The van der Waals surface area contributed by atoms with E-state index in [0.29, 0.717) is 19.6 Å². The van der Waals surface area contributed by atoms with E-state index in [-0.39, 0.29) is 42.5 Å². The summed E-state index contributed by atoms with van der Waals surface area (Å²) in [6.07, 6.45) is -4.45. The van der Waals surface area contributed by atoms with Crippen LogP contribution in [0.25, 0.3) is 0 Å². The summed E-state index contributed by atoms with van der Waals surface area (Å²) in [6, 6.07) is 14.4. The summed E-state index contributed by atoms with van der Waals surface area (Å²) in [6.45, 7) is 1.19. The van der Waals surface area contributed by atoms with Gasteiger partial charge in [-0.15, -0.1) is 12.4 Å². The van der Waals surface area contributed by atoms with Crippen molar-refractivity contribution in [1.82, 2.24) is 4.90 Å². The number of benzene rings is 2. The zero-order chi connectivity index (χ0) is 19.4. The maximum Gasteiger partial charge on any atom is 0.416 e. The largest absolute Gasteiger partial charge is 0.484 e. The number of halogens is 4. The van der Waals surface area contributed by atoms with Gasteiger partial charge in [-0.25, -0.2) is 0 Å². The molecule has 4 nitrogen and oxygen atoms in total. The van der Waals surface area contributed by atoms with Crippen LogP contribution < -0.4 is 10.5 Å². The molecule has 1 fully saturated rings. The van der Waals surface area contributed by atoms with Gasteiger partial charge in [-0.1, -0.05) is 36.4 Å². The smallest absolute Gasteiger partial charge is 0.416 e. The second-order valence-electron chi connectivity index (χ2n) is 6.63. The zero-order valence-electron chi connectivity index (χ0n) is 15.1. The third-order valence-electron chi connectivity index (χ3n) is 4.85. The van der Waals surface area contributed by atoms with Crippen molar-refractivity contribution in [2.45, 2.75) is 12.1 Å². The molecule has 28 heavy (non-hydrogen) atoms. The van der Waals surface area contributed by atoms with Gasteiger partial charge >= 0.3 is 6.18 Å². The normalized spacial score (nSPS) is 19.2. The molecular formula is C20H22ClF3N2O2. The Balaban J connectivity index is 0.00000280. The number of ether oxygens (including phenoxy) is 1. The van der Waals surface area contributed by atoms with Crippen molar-refractivity contribution in [2.24, 2.45) is 11.7 Å². The quantitative estimate of drug-likeness (QED) is 0.811. The fraction of sp³-hybridized carbons (Fsp3) is 0.350. The zero-order valence-corrected chi connectivity index (χ0v) is 15.9. The van der Waals surface area contributed by atoms with Crippen LogP contribution >= 0.6 is 12.4 Å². The molecule has 1 saturated heterocycles. The number of carbonyl (C=O) groups is 1. The van der Waals surface area contributed by atoms with Crippen molar-refractivity contribution in [3.63, 3.8) is 0 Å². The molecule has 0 unspecified atom stereocenters. The van der Waals surface area contributed by atoms with Crippen LogP contribution in [0.4, 0.5) is 13.2 Å². The molecule has 2 aromatic carbocycles. The summed E-state index contributed by atoms with van der Waals surface area (Å²) < 4.78 is 43.6. The van der Waals surface area contributed by atoms with Crippen LogP contribution in [-0.4, -0.2) is 37.0 Å². The average molecular weight is 415 g/mol. The molecule has 0 radical (unpaired) electrons. The molecule has 0 aliphatic carbocycles. The van der Waals surface area contributed by atoms with Gasteiger partial charge in [-0.05, 0) is 36.2 Å². The van der Waals surface area contributed by atoms with Crippen molar-refractivity contribution in [2.75, 3.05) is 26.2 Å². The van der Waals surface area contributed by atoms with Gasteiger partial charge in [-0.3, -0.25) is 4.79 Å². The van der Waals surface area contributed by atoms with E-state index in [0.717, 1.165) is 17.7 Å². The lowest BCUT2D eigenvalue weighted by molar-refractivity contribution is -0.137. The van der Waals surface area contributed by atoms with Gasteiger partial charge in [-0.2, -0.15) is 13.2 Å². The van der Waals surface area contributed by atoms with Crippen LogP contribution in [0.15, 0.2) is 54.6 Å². The number of nitrogens with zero attached hydrogens (tertiary/aromatic N) is 1. The van der Waals surface area contributed by atoms with Crippen molar-refractivity contribution >= 4 is 18.3 Å². The molecule has 1 heterocycles. The van der Waals surface area contributed by atoms with Crippen LogP contribution in [0.3, 0.4) is 0 Å². The Morgan fingerprint density at radius 1 is 1.11 bits per heavy atom. The van der Waals surface area contributed by atoms with E-state index in [1.807, 2.05) is 30.3 Å². The summed E-state index contributed by atoms with van der Waals surface area (Å²) in [5.74, 6) is 0.0512. The summed E-state index contributed by atoms with van der Waals surface area (Å²) in [5.41, 5.74) is 6.19. The standard InChI is InChI=1S/C20H21F3N2O2.ClH/c21-20(22,23)16-7-4-8-17(9-16)27-13-19(26)25-11-15(10-24)18(12-25)14-5-2-1-3-6-14;/h1-9,15,18H,10-13,24H2;1H/t15-,18+;/m1./s1. The first kappa shape index (κ1) is 22.0. The number of amides is 1. The lowest BCUT2D eigenvalue weighted by Gasteiger charge is -2.17. The van der Waals surface area contributed by atoms with Crippen molar-refractivity contribution in [1.29, 1.82) is 0 Å². The predicted molar refractivity (Wildman–Crippen MR) is 102 cm³/mol. The van der Waals surface area contributed by atoms with Crippen molar-refractivity contribution in [3.8, 4) is 5.75 Å². The maximum atomic E-state index is 12.8. The Bertz CT molecular complexity index is 787. The first-order valence-corrected chi connectivity index (χ1v) is 8.71. The van der Waals surface area contributed by atoms with Crippen LogP contribution in [0, 0.1) is 5.92 Å². The molecule has 152 valence electrons. The number of rotatable bonds is 5. The molecule has 2 aromatic rings. The lowest BCUT2D eigenvalue weighted by Crippen LogP contribution is -2.33. The minimum Gasteiger partial charge on any atom is -0.484 e. The van der Waals surface area contributed by atoms with E-state index in [2.05, 4.69) is 0 Å². The van der Waals surface area contributed by atoms with E-state index in [1.54, 1.807) is 4.90 Å². The Morgan fingerprint density at radius 2 is 1.82 bits per heavy atom. The summed E-state index contributed by atoms with van der Waals surface area (Å²) in [4.78, 5) is 14.1. The van der Waals surface area contributed by atoms with Gasteiger partial charge in [0.25, 0.3) is 5.91 Å². The second-order valence-corrected chi connectivity index (χ2v) is 6.63. The molecular weight excluding hydrogens is 393 g/mol. The van der Waals surface area contributed by atoms with E-state index in [4.69, 9.17) is 10.5 Å². The summed E-state index contributed by atoms with van der Waals surface area (Å²) in [7, 11) is 0. The Kier molecular flexibility index (Phi) is 7.32. The highest BCUT2D eigenvalue weighted by atomic mass is 35.5. The molecule has 0 spiro atoms. The van der Waals surface area contributed by atoms with Crippen LogP contribution in [0.5, 0.6) is 5.75 Å². The van der Waals surface area contributed by atoms with Gasteiger partial charge in [0, 0.05) is 19.0 Å². The molecule has 0 bridgehead atoms. The molecule has 2 atom stereocenters. The first-order valence-electron chi connectivity index (χ1n) is 8.71. The van der Waals surface area contributed by atoms with E-state index in [9.17, 15) is 18.0 Å². The molecule has 0 aromatic heterocycles. The van der Waals surface area contributed by atoms with Gasteiger partial charge in [0.15, 0.2) is 6.61 Å². The van der Waals surface area contributed by atoms with Crippen LogP contribution in [0.2, 0.25) is 0 Å². The minimum atomic E-state index is -4.45. The monoisotopic (exact) mass is 414 g/mol. The van der Waals surface area contributed by atoms with E-state index in [1.165, 1.54) is 12.1 Å². The van der Waals surface area contributed by atoms with Gasteiger partial charge in [0.2, 0.25) is 0 Å². The number of hydrogen-bond acceptors (Lipinski definition) is 3. The van der Waals surface area contributed by atoms with Gasteiger partial charge < -0.3 is 15.4 Å². The number of carbonyl (C=O) groups excluding carboxylic acids is 1. The number of alkyl halides is 3. The second kappa shape index (κ2) is 9.30. The number of nitrogens with two attached hydrogens (primary N) is 1. The molecule has 8 heteroatoms.